The minimum absolute atomic E-state index is 0.0571. The summed E-state index contributed by atoms with van der Waals surface area (Å²) in [5.41, 5.74) is 0.681. The number of hydrogen-bond donors (Lipinski definition) is 1. The largest absolute Gasteiger partial charge is 0.497 e. The number of ether oxygens (including phenoxy) is 1. The van der Waals surface area contributed by atoms with Crippen LogP contribution in [-0.4, -0.2) is 33.5 Å². The lowest BCUT2D eigenvalue weighted by Gasteiger charge is -2.12. The van der Waals surface area contributed by atoms with Gasteiger partial charge in [0.1, 0.15) is 5.75 Å². The van der Waals surface area contributed by atoms with Crippen LogP contribution in [0.15, 0.2) is 78.0 Å². The molecule has 6 nitrogen and oxygen atoms in total. The van der Waals surface area contributed by atoms with Gasteiger partial charge in [-0.2, -0.15) is 13.2 Å². The number of carbonyl (C=O) groups excluding carboxylic acids is 1. The van der Waals surface area contributed by atoms with E-state index in [0.717, 1.165) is 35.1 Å². The van der Waals surface area contributed by atoms with Gasteiger partial charge in [0.25, 0.3) is 0 Å². The molecule has 0 spiro atoms. The van der Waals surface area contributed by atoms with Gasteiger partial charge in [-0.1, -0.05) is 41.6 Å². The number of alkyl halides is 3. The summed E-state index contributed by atoms with van der Waals surface area (Å²) in [5, 5.41) is 12.0. The molecule has 3 aromatic carbocycles. The average molecular weight is 519 g/mol. The summed E-state index contributed by atoms with van der Waals surface area (Å²) in [6.45, 7) is 0. The number of rotatable bonds is 7. The average Bonchev–Trinajstić information content (AvgIpc) is 3.27. The Morgan fingerprint density at radius 1 is 1.06 bits per heavy atom. The lowest BCUT2D eigenvalue weighted by Crippen LogP contribution is -2.15. The number of halogens is 4. The second-order valence-electron chi connectivity index (χ2n) is 7.27. The number of carbonyl (C=O) groups is 1. The molecule has 1 aromatic heterocycles. The molecule has 0 unspecified atom stereocenters. The van der Waals surface area contributed by atoms with Crippen LogP contribution in [-0.2, 0) is 11.0 Å². The molecular weight excluding hydrogens is 501 g/mol. The fraction of sp³-hybridized carbons (Fsp3) is 0.125. The molecule has 0 bridgehead atoms. The standard InChI is InChI=1S/C24H18ClF3N4O2S/c1-34-20-7-2-4-15(12-20)22-30-31-23(32(22)19-10-8-17(25)9-11-19)35-14-21(33)29-18-6-3-5-16(13-18)24(26,27)28/h2-13H,14H2,1H3,(H,29,33). The van der Waals surface area contributed by atoms with Crippen LogP contribution >= 0.6 is 23.4 Å². The molecule has 1 heterocycles. The molecule has 4 rings (SSSR count). The molecule has 0 saturated heterocycles. The molecule has 0 aliphatic heterocycles. The van der Waals surface area contributed by atoms with E-state index in [1.807, 2.05) is 18.2 Å². The van der Waals surface area contributed by atoms with Crippen molar-refractivity contribution in [3.63, 3.8) is 0 Å². The Morgan fingerprint density at radius 2 is 1.80 bits per heavy atom. The first kappa shape index (κ1) is 24.6. The lowest BCUT2D eigenvalue weighted by atomic mass is 10.2. The van der Waals surface area contributed by atoms with Crippen molar-refractivity contribution in [2.45, 2.75) is 11.3 Å². The zero-order chi connectivity index (χ0) is 25.0. The fourth-order valence-electron chi connectivity index (χ4n) is 3.24. The van der Waals surface area contributed by atoms with Gasteiger partial charge in [0.2, 0.25) is 5.91 Å². The van der Waals surface area contributed by atoms with E-state index < -0.39 is 17.6 Å². The maximum absolute atomic E-state index is 12.9. The highest BCUT2D eigenvalue weighted by Gasteiger charge is 2.30. The third kappa shape index (κ3) is 5.95. The first-order chi connectivity index (χ1) is 16.7. The summed E-state index contributed by atoms with van der Waals surface area (Å²) in [6.07, 6.45) is -4.50. The van der Waals surface area contributed by atoms with Gasteiger partial charge in [0, 0.05) is 22.0 Å². The second-order valence-corrected chi connectivity index (χ2v) is 8.64. The molecule has 0 atom stereocenters. The third-order valence-corrected chi connectivity index (χ3v) is 6.03. The number of benzene rings is 3. The zero-order valence-corrected chi connectivity index (χ0v) is 19.8. The molecule has 0 aliphatic carbocycles. The molecule has 0 fully saturated rings. The maximum atomic E-state index is 12.9. The zero-order valence-electron chi connectivity index (χ0n) is 18.2. The monoisotopic (exact) mass is 518 g/mol. The molecule has 180 valence electrons. The van der Waals surface area contributed by atoms with Gasteiger partial charge in [0.05, 0.1) is 18.4 Å². The molecule has 35 heavy (non-hydrogen) atoms. The van der Waals surface area contributed by atoms with E-state index in [4.69, 9.17) is 16.3 Å². The van der Waals surface area contributed by atoms with Gasteiger partial charge in [-0.25, -0.2) is 0 Å². The van der Waals surface area contributed by atoms with Gasteiger partial charge in [0.15, 0.2) is 11.0 Å². The Morgan fingerprint density at radius 3 is 2.51 bits per heavy atom. The van der Waals surface area contributed by atoms with Crippen molar-refractivity contribution >= 4 is 35.0 Å². The molecule has 0 radical (unpaired) electrons. The van der Waals surface area contributed by atoms with Crippen LogP contribution in [0.3, 0.4) is 0 Å². The van der Waals surface area contributed by atoms with Crippen molar-refractivity contribution in [2.75, 3.05) is 18.2 Å². The van der Waals surface area contributed by atoms with Crippen molar-refractivity contribution in [3.8, 4) is 22.8 Å². The highest BCUT2D eigenvalue weighted by atomic mass is 35.5. The Labute approximate surface area is 208 Å². The van der Waals surface area contributed by atoms with Crippen LogP contribution in [0.4, 0.5) is 18.9 Å². The SMILES string of the molecule is COc1cccc(-c2nnc(SCC(=O)Nc3cccc(C(F)(F)F)c3)n2-c2ccc(Cl)cc2)c1. The minimum atomic E-state index is -4.50. The Kier molecular flexibility index (Phi) is 7.32. The molecule has 1 amide bonds. The number of hydrogen-bond acceptors (Lipinski definition) is 5. The van der Waals surface area contributed by atoms with E-state index in [0.29, 0.717) is 21.8 Å². The predicted molar refractivity (Wildman–Crippen MR) is 129 cm³/mol. The second kappa shape index (κ2) is 10.4. The van der Waals surface area contributed by atoms with Gasteiger partial charge in [-0.05, 0) is 54.6 Å². The Bertz CT molecular complexity index is 1340. The van der Waals surface area contributed by atoms with Crippen LogP contribution in [0.25, 0.3) is 17.1 Å². The van der Waals surface area contributed by atoms with Crippen LogP contribution in [0.2, 0.25) is 5.02 Å². The summed E-state index contributed by atoms with van der Waals surface area (Å²) in [5.74, 6) is 0.581. The van der Waals surface area contributed by atoms with E-state index >= 15 is 0 Å². The highest BCUT2D eigenvalue weighted by Crippen LogP contribution is 2.32. The molecular formula is C24H18ClF3N4O2S. The van der Waals surface area contributed by atoms with E-state index in [2.05, 4.69) is 15.5 Å². The summed E-state index contributed by atoms with van der Waals surface area (Å²) in [4.78, 5) is 12.5. The minimum Gasteiger partial charge on any atom is -0.497 e. The topological polar surface area (TPSA) is 69.0 Å². The van der Waals surface area contributed by atoms with E-state index in [1.54, 1.807) is 42.0 Å². The highest BCUT2D eigenvalue weighted by molar-refractivity contribution is 7.99. The van der Waals surface area contributed by atoms with Crippen molar-refractivity contribution in [1.82, 2.24) is 14.8 Å². The van der Waals surface area contributed by atoms with Gasteiger partial charge >= 0.3 is 6.18 Å². The van der Waals surface area contributed by atoms with Gasteiger partial charge in [-0.3, -0.25) is 9.36 Å². The van der Waals surface area contributed by atoms with Crippen molar-refractivity contribution in [3.05, 3.63) is 83.4 Å². The number of thioether (sulfide) groups is 1. The van der Waals surface area contributed by atoms with E-state index in [1.165, 1.54) is 12.1 Å². The number of methoxy groups -OCH3 is 1. The number of nitrogens with zero attached hydrogens (tertiary/aromatic N) is 3. The van der Waals surface area contributed by atoms with Crippen molar-refractivity contribution < 1.29 is 22.7 Å². The third-order valence-electron chi connectivity index (χ3n) is 4.85. The van der Waals surface area contributed by atoms with Crippen molar-refractivity contribution in [1.29, 1.82) is 0 Å². The van der Waals surface area contributed by atoms with E-state index in [9.17, 15) is 18.0 Å². The smallest absolute Gasteiger partial charge is 0.416 e. The number of anilines is 1. The molecule has 0 aliphatic rings. The Balaban J connectivity index is 1.58. The number of nitrogens with one attached hydrogen (secondary N) is 1. The lowest BCUT2D eigenvalue weighted by molar-refractivity contribution is -0.137. The summed E-state index contributed by atoms with van der Waals surface area (Å²) < 4.78 is 45.9. The fourth-order valence-corrected chi connectivity index (χ4v) is 4.11. The summed E-state index contributed by atoms with van der Waals surface area (Å²) >= 11 is 7.14. The van der Waals surface area contributed by atoms with Crippen LogP contribution in [0.1, 0.15) is 5.56 Å². The van der Waals surface area contributed by atoms with Crippen molar-refractivity contribution in [2.24, 2.45) is 0 Å². The van der Waals surface area contributed by atoms with E-state index in [-0.39, 0.29) is 11.4 Å². The first-order valence-electron chi connectivity index (χ1n) is 10.2. The van der Waals surface area contributed by atoms with Gasteiger partial charge in [-0.15, -0.1) is 10.2 Å². The molecule has 0 saturated carbocycles. The van der Waals surface area contributed by atoms with Crippen LogP contribution in [0, 0.1) is 0 Å². The normalized spacial score (nSPS) is 11.3. The van der Waals surface area contributed by atoms with Crippen LogP contribution < -0.4 is 10.1 Å². The van der Waals surface area contributed by atoms with Gasteiger partial charge < -0.3 is 10.1 Å². The predicted octanol–water partition coefficient (Wildman–Crippen LogP) is 6.35. The summed E-state index contributed by atoms with van der Waals surface area (Å²) in [7, 11) is 1.56. The first-order valence-corrected chi connectivity index (χ1v) is 11.6. The Hall–Kier alpha value is -3.50. The number of amides is 1. The maximum Gasteiger partial charge on any atom is 0.416 e. The quantitative estimate of drug-likeness (QED) is 0.289. The molecule has 11 heteroatoms. The molecule has 4 aromatic rings. The van der Waals surface area contributed by atoms with Crippen LogP contribution in [0.5, 0.6) is 5.75 Å². The summed E-state index contributed by atoms with van der Waals surface area (Å²) in [6, 6.07) is 18.8. The number of aromatic nitrogens is 3. The molecule has 1 N–H and O–H groups in total.